The molecular formula is C67H130O17P2. The molecule has 0 amide bonds. The van der Waals surface area contributed by atoms with Gasteiger partial charge in [-0.15, -0.1) is 0 Å². The van der Waals surface area contributed by atoms with Gasteiger partial charge in [-0.2, -0.15) is 0 Å². The zero-order valence-electron chi connectivity index (χ0n) is 55.4. The molecule has 0 spiro atoms. The fraction of sp³-hybridized carbons (Fsp3) is 0.940. The van der Waals surface area contributed by atoms with Crippen LogP contribution < -0.4 is 0 Å². The lowest BCUT2D eigenvalue weighted by atomic mass is 10.0. The lowest BCUT2D eigenvalue weighted by molar-refractivity contribution is -0.161. The third-order valence-corrected chi connectivity index (χ3v) is 17.4. The van der Waals surface area contributed by atoms with Crippen molar-refractivity contribution in [3.63, 3.8) is 0 Å². The quantitative estimate of drug-likeness (QED) is 0.0222. The first-order chi connectivity index (χ1) is 41.5. The Morgan fingerprint density at radius 3 is 0.791 bits per heavy atom. The smallest absolute Gasteiger partial charge is 0.462 e. The fourth-order valence-corrected chi connectivity index (χ4v) is 11.7. The predicted octanol–water partition coefficient (Wildman–Crippen LogP) is 19.0. The van der Waals surface area contributed by atoms with Crippen molar-refractivity contribution < 1.29 is 80.2 Å². The van der Waals surface area contributed by atoms with Gasteiger partial charge in [-0.1, -0.05) is 291 Å². The number of unbranched alkanes of at least 4 members (excludes halogenated alkanes) is 39. The summed E-state index contributed by atoms with van der Waals surface area (Å²) in [7, 11) is -9.89. The van der Waals surface area contributed by atoms with Crippen LogP contribution in [0.15, 0.2) is 0 Å². The van der Waals surface area contributed by atoms with Crippen LogP contribution in [0.4, 0.5) is 0 Å². The first kappa shape index (κ1) is 84.1. The molecule has 5 atom stereocenters. The van der Waals surface area contributed by atoms with E-state index in [0.717, 1.165) is 102 Å². The molecule has 0 aliphatic heterocycles. The molecule has 0 saturated heterocycles. The second kappa shape index (κ2) is 60.6. The number of aliphatic hydroxyl groups is 1. The standard InChI is InChI=1S/C67H130O17P2/c1-6-9-12-15-18-21-22-23-24-25-26-27-28-29-31-38-43-48-53-67(72)84-63(57-78-65(70)51-46-41-36-33-32-34-39-44-49-60(4)5)59-82-86(75,76)80-55-61(68)54-79-85(73,74)81-58-62(56-77-64(69)50-45-40-35-20-17-14-11-8-3)83-66(71)52-47-42-37-30-19-16-13-10-7-2/h60-63,68H,6-59H2,1-5H3,(H,73,74)(H,75,76)/t61-,62+,63+/m0/s1. The van der Waals surface area contributed by atoms with E-state index < -0.39 is 97.5 Å². The topological polar surface area (TPSA) is 237 Å². The van der Waals surface area contributed by atoms with E-state index in [9.17, 15) is 43.2 Å². The van der Waals surface area contributed by atoms with E-state index in [1.165, 1.54) is 161 Å². The Morgan fingerprint density at radius 2 is 0.535 bits per heavy atom. The lowest BCUT2D eigenvalue weighted by Gasteiger charge is -2.21. The van der Waals surface area contributed by atoms with Crippen LogP contribution in [-0.2, 0) is 65.4 Å². The minimum atomic E-state index is -4.95. The summed E-state index contributed by atoms with van der Waals surface area (Å²) in [5.41, 5.74) is 0. The molecule has 19 heteroatoms. The first-order valence-corrected chi connectivity index (χ1v) is 38.1. The second-order valence-corrected chi connectivity index (χ2v) is 27.6. The molecule has 0 aliphatic rings. The Morgan fingerprint density at radius 1 is 0.314 bits per heavy atom. The van der Waals surface area contributed by atoms with E-state index >= 15 is 0 Å². The molecule has 3 N–H and O–H groups in total. The normalized spacial score (nSPS) is 14.2. The van der Waals surface area contributed by atoms with Gasteiger partial charge in [0.25, 0.3) is 0 Å². The monoisotopic (exact) mass is 1270 g/mol. The average molecular weight is 1270 g/mol. The predicted molar refractivity (Wildman–Crippen MR) is 345 cm³/mol. The Hall–Kier alpha value is -1.94. The van der Waals surface area contributed by atoms with Gasteiger partial charge in [0.2, 0.25) is 0 Å². The summed E-state index contributed by atoms with van der Waals surface area (Å²) in [6, 6.07) is 0. The van der Waals surface area contributed by atoms with Gasteiger partial charge >= 0.3 is 39.5 Å². The minimum absolute atomic E-state index is 0.106. The summed E-state index contributed by atoms with van der Waals surface area (Å²) in [5, 5.41) is 10.5. The van der Waals surface area contributed by atoms with Crippen LogP contribution in [0.2, 0.25) is 0 Å². The molecule has 0 aromatic rings. The van der Waals surface area contributed by atoms with Crippen molar-refractivity contribution in [2.45, 2.75) is 361 Å². The highest BCUT2D eigenvalue weighted by Crippen LogP contribution is 2.45. The van der Waals surface area contributed by atoms with Crippen molar-refractivity contribution >= 4 is 39.5 Å². The van der Waals surface area contributed by atoms with Crippen molar-refractivity contribution in [3.05, 3.63) is 0 Å². The van der Waals surface area contributed by atoms with E-state index in [-0.39, 0.29) is 25.7 Å². The third kappa shape index (κ3) is 60.9. The Balaban J connectivity index is 5.17. The number of hydrogen-bond donors (Lipinski definition) is 3. The van der Waals surface area contributed by atoms with Crippen LogP contribution in [0.5, 0.6) is 0 Å². The molecule has 0 aromatic heterocycles. The van der Waals surface area contributed by atoms with Crippen molar-refractivity contribution in [3.8, 4) is 0 Å². The van der Waals surface area contributed by atoms with Gasteiger partial charge in [0.05, 0.1) is 26.4 Å². The van der Waals surface area contributed by atoms with E-state index in [1.54, 1.807) is 0 Å². The highest BCUT2D eigenvalue weighted by atomic mass is 31.2. The number of carbonyl (C=O) groups excluding carboxylic acids is 4. The van der Waals surface area contributed by atoms with E-state index in [2.05, 4.69) is 34.6 Å². The Bertz CT molecular complexity index is 1670. The molecule has 86 heavy (non-hydrogen) atoms. The summed E-state index contributed by atoms with van der Waals surface area (Å²) in [6.07, 6.45) is 46.0. The van der Waals surface area contributed by atoms with Crippen molar-refractivity contribution in [2.75, 3.05) is 39.6 Å². The molecule has 0 bridgehead atoms. The van der Waals surface area contributed by atoms with Gasteiger partial charge in [0.1, 0.15) is 19.3 Å². The third-order valence-electron chi connectivity index (χ3n) is 15.5. The summed E-state index contributed by atoms with van der Waals surface area (Å²) >= 11 is 0. The largest absolute Gasteiger partial charge is 0.472 e. The average Bonchev–Trinajstić information content (AvgIpc) is 3.57. The second-order valence-electron chi connectivity index (χ2n) is 24.7. The number of phosphoric ester groups is 2. The molecule has 0 fully saturated rings. The van der Waals surface area contributed by atoms with Crippen LogP contribution in [0, 0.1) is 5.92 Å². The van der Waals surface area contributed by atoms with Crippen LogP contribution in [0.25, 0.3) is 0 Å². The SMILES string of the molecule is CCCCCCCCCCCCCCCCCCCCC(=O)O[C@H](COC(=O)CCCCCCCCCCC(C)C)COP(=O)(O)OC[C@@H](O)COP(=O)(O)OC[C@@H](COC(=O)CCCCCCCCCC)OC(=O)CCCCCCCCCCC. The van der Waals surface area contributed by atoms with E-state index in [1.807, 2.05) is 0 Å². The minimum Gasteiger partial charge on any atom is -0.462 e. The van der Waals surface area contributed by atoms with Crippen molar-refractivity contribution in [2.24, 2.45) is 5.92 Å². The fourth-order valence-electron chi connectivity index (χ4n) is 10.1. The van der Waals surface area contributed by atoms with Crippen molar-refractivity contribution in [1.29, 1.82) is 0 Å². The summed E-state index contributed by atoms with van der Waals surface area (Å²) in [5.74, 6) is -1.41. The zero-order chi connectivity index (χ0) is 63.5. The Labute approximate surface area is 524 Å². The molecule has 0 rings (SSSR count). The van der Waals surface area contributed by atoms with E-state index in [0.29, 0.717) is 25.7 Å². The molecule has 510 valence electrons. The molecule has 0 heterocycles. The summed E-state index contributed by atoms with van der Waals surface area (Å²) < 4.78 is 68.0. The van der Waals surface area contributed by atoms with Gasteiger partial charge in [-0.05, 0) is 31.6 Å². The number of ether oxygens (including phenoxy) is 4. The molecule has 2 unspecified atom stereocenters. The van der Waals surface area contributed by atoms with Gasteiger partial charge in [-0.3, -0.25) is 37.3 Å². The van der Waals surface area contributed by atoms with Crippen LogP contribution in [0.1, 0.15) is 343 Å². The van der Waals surface area contributed by atoms with Gasteiger partial charge in [0.15, 0.2) is 12.2 Å². The van der Waals surface area contributed by atoms with Crippen molar-refractivity contribution in [1.82, 2.24) is 0 Å². The first-order valence-electron chi connectivity index (χ1n) is 35.1. The van der Waals surface area contributed by atoms with Gasteiger partial charge in [-0.25, -0.2) is 9.13 Å². The number of carbonyl (C=O) groups is 4. The number of aliphatic hydroxyl groups excluding tert-OH is 1. The molecule has 0 aliphatic carbocycles. The number of esters is 4. The highest BCUT2D eigenvalue weighted by Gasteiger charge is 2.30. The molecule has 17 nitrogen and oxygen atoms in total. The Kier molecular flexibility index (Phi) is 59.2. The summed E-state index contributed by atoms with van der Waals surface area (Å²) in [4.78, 5) is 72.2. The maximum atomic E-state index is 13.0. The molecular weight excluding hydrogens is 1140 g/mol. The molecule has 0 radical (unpaired) electrons. The summed E-state index contributed by atoms with van der Waals surface area (Å²) in [6.45, 7) is 7.15. The molecule has 0 aromatic carbocycles. The highest BCUT2D eigenvalue weighted by molar-refractivity contribution is 7.47. The number of rotatable bonds is 67. The van der Waals surface area contributed by atoms with Crippen LogP contribution >= 0.6 is 15.6 Å². The maximum absolute atomic E-state index is 13.0. The van der Waals surface area contributed by atoms with Gasteiger partial charge < -0.3 is 33.8 Å². The lowest BCUT2D eigenvalue weighted by Crippen LogP contribution is -2.30. The number of hydrogen-bond acceptors (Lipinski definition) is 15. The van der Waals surface area contributed by atoms with Crippen LogP contribution in [-0.4, -0.2) is 96.7 Å². The molecule has 0 saturated carbocycles. The van der Waals surface area contributed by atoms with Crippen LogP contribution in [0.3, 0.4) is 0 Å². The zero-order valence-corrected chi connectivity index (χ0v) is 57.2. The number of phosphoric acid groups is 2. The van der Waals surface area contributed by atoms with Gasteiger partial charge in [0, 0.05) is 25.7 Å². The maximum Gasteiger partial charge on any atom is 0.472 e. The van der Waals surface area contributed by atoms with E-state index in [4.69, 9.17) is 37.0 Å².